The fraction of sp³-hybridized carbons (Fsp3) is 1.00. The van der Waals surface area contributed by atoms with Crippen molar-refractivity contribution in [1.82, 2.24) is 0 Å². The van der Waals surface area contributed by atoms with Crippen LogP contribution in [0.5, 0.6) is 0 Å². The first-order chi connectivity index (χ1) is 7.15. The molecular formula is C11H23O4P. The summed E-state index contributed by atoms with van der Waals surface area (Å²) in [5.74, 6) is 1.75. The maximum absolute atomic E-state index is 11.0. The summed E-state index contributed by atoms with van der Waals surface area (Å²) in [4.78, 5) is 17.9. The van der Waals surface area contributed by atoms with Gasteiger partial charge < -0.3 is 9.79 Å². The Balaban J connectivity index is 2.87. The minimum atomic E-state index is -4.38. The van der Waals surface area contributed by atoms with Gasteiger partial charge in [0, 0.05) is 0 Å². The van der Waals surface area contributed by atoms with E-state index in [-0.39, 0.29) is 17.9 Å². The van der Waals surface area contributed by atoms with Crippen LogP contribution in [-0.2, 0) is 9.09 Å². The second-order valence-electron chi connectivity index (χ2n) is 5.36. The van der Waals surface area contributed by atoms with Crippen molar-refractivity contribution < 1.29 is 18.9 Å². The van der Waals surface area contributed by atoms with E-state index >= 15 is 0 Å². The highest BCUT2D eigenvalue weighted by molar-refractivity contribution is 7.46. The van der Waals surface area contributed by atoms with Crippen molar-refractivity contribution in [3.8, 4) is 0 Å². The molecule has 96 valence electrons. The first kappa shape index (κ1) is 14.2. The highest BCUT2D eigenvalue weighted by Crippen LogP contribution is 2.49. The third-order valence-corrected chi connectivity index (χ3v) is 5.13. The van der Waals surface area contributed by atoms with Crippen LogP contribution in [0.2, 0.25) is 0 Å². The fourth-order valence-corrected chi connectivity index (χ4v) is 3.57. The van der Waals surface area contributed by atoms with Crippen LogP contribution in [0.3, 0.4) is 0 Å². The van der Waals surface area contributed by atoms with Crippen LogP contribution in [0.1, 0.15) is 34.6 Å². The highest BCUT2D eigenvalue weighted by Gasteiger charge is 2.44. The van der Waals surface area contributed by atoms with E-state index in [9.17, 15) is 4.57 Å². The Bertz CT molecular complexity index is 272. The van der Waals surface area contributed by atoms with Gasteiger partial charge in [-0.2, -0.15) is 0 Å². The number of phosphoric acid groups is 1. The van der Waals surface area contributed by atoms with Crippen LogP contribution >= 0.6 is 7.82 Å². The van der Waals surface area contributed by atoms with Gasteiger partial charge in [-0.05, 0) is 29.6 Å². The zero-order chi connectivity index (χ0) is 12.7. The molecule has 2 N–H and O–H groups in total. The fourth-order valence-electron chi connectivity index (χ4n) is 2.86. The van der Waals surface area contributed by atoms with Crippen LogP contribution in [-0.4, -0.2) is 15.9 Å². The van der Waals surface area contributed by atoms with Gasteiger partial charge in [0.15, 0.2) is 0 Å². The van der Waals surface area contributed by atoms with Crippen LogP contribution in [0.25, 0.3) is 0 Å². The second-order valence-corrected chi connectivity index (χ2v) is 6.55. The summed E-state index contributed by atoms with van der Waals surface area (Å²) >= 11 is 0. The van der Waals surface area contributed by atoms with Gasteiger partial charge in [-0.15, -0.1) is 0 Å². The second kappa shape index (κ2) is 4.77. The molecule has 0 aromatic carbocycles. The molecule has 0 aromatic rings. The molecule has 1 saturated carbocycles. The summed E-state index contributed by atoms with van der Waals surface area (Å²) in [5, 5.41) is 0. The van der Waals surface area contributed by atoms with E-state index in [2.05, 4.69) is 20.8 Å². The number of phosphoric ester groups is 1. The van der Waals surface area contributed by atoms with Gasteiger partial charge in [0.1, 0.15) is 0 Å². The van der Waals surface area contributed by atoms with Crippen LogP contribution in [0.15, 0.2) is 0 Å². The van der Waals surface area contributed by atoms with Gasteiger partial charge in [0.25, 0.3) is 0 Å². The minimum Gasteiger partial charge on any atom is -0.303 e. The van der Waals surface area contributed by atoms with Crippen molar-refractivity contribution in [1.29, 1.82) is 0 Å². The average Bonchev–Trinajstić information content (AvgIpc) is 2.17. The molecule has 0 saturated heterocycles. The molecular weight excluding hydrogens is 227 g/mol. The normalized spacial score (nSPS) is 45.7. The van der Waals surface area contributed by atoms with E-state index in [4.69, 9.17) is 14.3 Å². The molecule has 1 aliphatic rings. The summed E-state index contributed by atoms with van der Waals surface area (Å²) < 4.78 is 15.9. The monoisotopic (exact) mass is 250 g/mol. The molecule has 5 heteroatoms. The molecule has 1 rings (SSSR count). The standard InChI is InChI=1S/C11H23O4P/c1-6-7(2)9(4)11(10(5)8(6)3)15-16(12,13)14/h6-11H,1-5H3,(H2,12,13,14)/t6?,7-,8?,9?,10-,11+/m1/s1. The van der Waals surface area contributed by atoms with Crippen molar-refractivity contribution in [3.63, 3.8) is 0 Å². The molecule has 4 nitrogen and oxygen atoms in total. The van der Waals surface area contributed by atoms with Gasteiger partial charge in [0.05, 0.1) is 6.10 Å². The third kappa shape index (κ3) is 2.86. The summed E-state index contributed by atoms with van der Waals surface area (Å²) in [5.41, 5.74) is 0. The molecule has 1 fully saturated rings. The SMILES string of the molecule is CC1C(C)[C@@H](C)[C@@H](OP(=O)(O)O)C(C)[C@@H]1C. The summed E-state index contributed by atoms with van der Waals surface area (Å²) in [6, 6.07) is 0. The molecule has 3 unspecified atom stereocenters. The molecule has 0 amide bonds. The van der Waals surface area contributed by atoms with Crippen LogP contribution in [0, 0.1) is 29.6 Å². The number of rotatable bonds is 2. The minimum absolute atomic E-state index is 0.175. The Hall–Kier alpha value is 0.110. The van der Waals surface area contributed by atoms with Crippen molar-refractivity contribution in [2.45, 2.75) is 40.7 Å². The van der Waals surface area contributed by atoms with Gasteiger partial charge in [0.2, 0.25) is 0 Å². The molecule has 0 spiro atoms. The van der Waals surface area contributed by atoms with Gasteiger partial charge in [-0.1, -0.05) is 34.6 Å². The number of hydrogen-bond acceptors (Lipinski definition) is 2. The summed E-state index contributed by atoms with van der Waals surface area (Å²) in [6.07, 6.45) is -0.345. The smallest absolute Gasteiger partial charge is 0.303 e. The Kier molecular flexibility index (Phi) is 4.23. The molecule has 16 heavy (non-hydrogen) atoms. The molecule has 1 aliphatic carbocycles. The van der Waals surface area contributed by atoms with E-state index in [0.29, 0.717) is 17.8 Å². The van der Waals surface area contributed by atoms with Gasteiger partial charge in [-0.25, -0.2) is 4.57 Å². The molecule has 0 aliphatic heterocycles. The van der Waals surface area contributed by atoms with Crippen LogP contribution < -0.4 is 0 Å². The van der Waals surface area contributed by atoms with Gasteiger partial charge in [-0.3, -0.25) is 4.52 Å². The van der Waals surface area contributed by atoms with Crippen molar-refractivity contribution in [2.75, 3.05) is 0 Å². The number of hydrogen-bond donors (Lipinski definition) is 2. The Morgan fingerprint density at radius 1 is 0.812 bits per heavy atom. The van der Waals surface area contributed by atoms with Gasteiger partial charge >= 0.3 is 7.82 Å². The predicted molar refractivity (Wildman–Crippen MR) is 62.7 cm³/mol. The zero-order valence-corrected chi connectivity index (χ0v) is 11.5. The topological polar surface area (TPSA) is 66.8 Å². The van der Waals surface area contributed by atoms with Crippen molar-refractivity contribution in [2.24, 2.45) is 29.6 Å². The summed E-state index contributed by atoms with van der Waals surface area (Å²) in [7, 11) is -4.38. The van der Waals surface area contributed by atoms with E-state index in [1.54, 1.807) is 0 Å². The molecule has 0 heterocycles. The lowest BCUT2D eigenvalue weighted by molar-refractivity contribution is -0.0487. The average molecular weight is 250 g/mol. The molecule has 0 radical (unpaired) electrons. The first-order valence-electron chi connectivity index (χ1n) is 5.89. The quantitative estimate of drug-likeness (QED) is 0.739. The zero-order valence-electron chi connectivity index (χ0n) is 10.6. The molecule has 0 bridgehead atoms. The van der Waals surface area contributed by atoms with E-state index in [1.165, 1.54) is 0 Å². The third-order valence-electron chi connectivity index (χ3n) is 4.61. The van der Waals surface area contributed by atoms with E-state index in [0.717, 1.165) is 0 Å². The van der Waals surface area contributed by atoms with Crippen molar-refractivity contribution in [3.05, 3.63) is 0 Å². The first-order valence-corrected chi connectivity index (χ1v) is 7.42. The van der Waals surface area contributed by atoms with E-state index < -0.39 is 7.82 Å². The molecule has 6 atom stereocenters. The summed E-state index contributed by atoms with van der Waals surface area (Å²) in [6.45, 7) is 10.5. The Morgan fingerprint density at radius 2 is 1.12 bits per heavy atom. The lowest BCUT2D eigenvalue weighted by Gasteiger charge is -2.46. The molecule has 0 aromatic heterocycles. The largest absolute Gasteiger partial charge is 0.469 e. The van der Waals surface area contributed by atoms with Crippen LogP contribution in [0.4, 0.5) is 0 Å². The predicted octanol–water partition coefficient (Wildman–Crippen LogP) is 2.66. The van der Waals surface area contributed by atoms with E-state index in [1.807, 2.05) is 13.8 Å². The Labute approximate surface area is 97.6 Å². The van der Waals surface area contributed by atoms with Crippen molar-refractivity contribution >= 4 is 7.82 Å². The Morgan fingerprint density at radius 3 is 1.44 bits per heavy atom. The maximum Gasteiger partial charge on any atom is 0.469 e. The maximum atomic E-state index is 11.0. The lowest BCUT2D eigenvalue weighted by Crippen LogP contribution is -2.45. The highest BCUT2D eigenvalue weighted by atomic mass is 31.2. The lowest BCUT2D eigenvalue weighted by atomic mass is 9.63.